The molecule has 9 heteroatoms. The second-order valence-corrected chi connectivity index (χ2v) is 10.2. The number of halogens is 1. The molecule has 1 saturated heterocycles. The molecule has 2 N–H and O–H groups in total. The van der Waals surface area contributed by atoms with Crippen LogP contribution in [0.1, 0.15) is 15.9 Å². The zero-order chi connectivity index (χ0) is 23.2. The predicted octanol–water partition coefficient (Wildman–Crippen LogP) is 3.44. The fourth-order valence-electron chi connectivity index (χ4n) is 3.69. The van der Waals surface area contributed by atoms with E-state index in [0.717, 1.165) is 11.3 Å². The molecule has 4 rings (SSSR count). The monoisotopic (exact) mass is 485 g/mol. The number of benzene rings is 2. The fourth-order valence-corrected chi connectivity index (χ4v) is 5.42. The first kappa shape index (κ1) is 23.1. The molecular weight excluding hydrogens is 461 g/mol. The lowest BCUT2D eigenvalue weighted by atomic mass is 10.1. The number of nitrogens with zero attached hydrogens (tertiary/aromatic N) is 1. The average molecular weight is 486 g/mol. The van der Waals surface area contributed by atoms with Gasteiger partial charge < -0.3 is 15.5 Å². The summed E-state index contributed by atoms with van der Waals surface area (Å²) in [7, 11) is -0.811. The number of para-hydroxylation sites is 2. The van der Waals surface area contributed by atoms with E-state index in [9.17, 15) is 18.2 Å². The number of amides is 2. The Morgan fingerprint density at radius 1 is 1.06 bits per heavy atom. The highest BCUT2D eigenvalue weighted by atomic mass is 32.2. The second kappa shape index (κ2) is 10.7. The third-order valence-corrected chi connectivity index (χ3v) is 7.45. The number of carbonyl (C=O) groups excluding carboxylic acids is 2. The molecule has 0 saturated carbocycles. The van der Waals surface area contributed by atoms with Gasteiger partial charge in [0.15, 0.2) is 0 Å². The molecule has 0 aliphatic carbocycles. The summed E-state index contributed by atoms with van der Waals surface area (Å²) in [5.41, 5.74) is 2.26. The molecule has 0 bridgehead atoms. The molecule has 1 aliphatic rings. The number of nitrogens with one attached hydrogen (secondary N) is 2. The van der Waals surface area contributed by atoms with Crippen LogP contribution in [0.3, 0.4) is 0 Å². The first-order valence-electron chi connectivity index (χ1n) is 10.6. The first-order chi connectivity index (χ1) is 16.0. The molecule has 6 nitrogen and oxygen atoms in total. The van der Waals surface area contributed by atoms with Gasteiger partial charge in [-0.3, -0.25) is 13.8 Å². The van der Waals surface area contributed by atoms with Crippen LogP contribution in [0, 0.1) is 5.82 Å². The molecular formula is C24H24FN3O3S2. The maximum absolute atomic E-state index is 14.1. The van der Waals surface area contributed by atoms with Crippen LogP contribution in [0.15, 0.2) is 65.4 Å². The zero-order valence-electron chi connectivity index (χ0n) is 17.8. The smallest absolute Gasteiger partial charge is 0.254 e. The Morgan fingerprint density at radius 3 is 2.52 bits per heavy atom. The standard InChI is InChI=1S/C24H24FN3O3S2/c25-19-6-2-1-5-18(19)23(29)27-21(15-17-9-12-32-16-17)24(30)26-20-7-3-4-8-22(20)28-10-13-33(31)14-11-28/h1-9,12,16,21H,10-11,13-15H2,(H,26,30)(H,27,29)/t21-/m1/s1. The van der Waals surface area contributed by atoms with Gasteiger partial charge in [0.1, 0.15) is 11.9 Å². The van der Waals surface area contributed by atoms with Crippen molar-refractivity contribution in [1.82, 2.24) is 5.32 Å². The molecule has 33 heavy (non-hydrogen) atoms. The van der Waals surface area contributed by atoms with E-state index in [1.165, 1.54) is 29.5 Å². The lowest BCUT2D eigenvalue weighted by Crippen LogP contribution is -2.45. The van der Waals surface area contributed by atoms with Crippen molar-refractivity contribution < 1.29 is 18.2 Å². The van der Waals surface area contributed by atoms with E-state index >= 15 is 0 Å². The van der Waals surface area contributed by atoms with Crippen LogP contribution < -0.4 is 15.5 Å². The van der Waals surface area contributed by atoms with Crippen LogP contribution in [0.5, 0.6) is 0 Å². The van der Waals surface area contributed by atoms with E-state index in [1.54, 1.807) is 12.1 Å². The molecule has 1 aromatic heterocycles. The van der Waals surface area contributed by atoms with Crippen LogP contribution >= 0.6 is 11.3 Å². The van der Waals surface area contributed by atoms with Crippen molar-refractivity contribution in [3.05, 3.63) is 82.3 Å². The molecule has 0 spiro atoms. The summed E-state index contributed by atoms with van der Waals surface area (Å²) >= 11 is 1.50. The van der Waals surface area contributed by atoms with Gasteiger partial charge in [-0.15, -0.1) is 0 Å². The van der Waals surface area contributed by atoms with Crippen molar-refractivity contribution in [2.75, 3.05) is 34.8 Å². The number of hydrogen-bond donors (Lipinski definition) is 2. The van der Waals surface area contributed by atoms with E-state index in [1.807, 2.05) is 35.0 Å². The average Bonchev–Trinajstić information content (AvgIpc) is 3.33. The Balaban J connectivity index is 1.54. The summed E-state index contributed by atoms with van der Waals surface area (Å²) in [4.78, 5) is 28.1. The Morgan fingerprint density at radius 2 is 1.79 bits per heavy atom. The third-order valence-electron chi connectivity index (χ3n) is 5.44. The summed E-state index contributed by atoms with van der Waals surface area (Å²) in [5.74, 6) is -0.504. The van der Waals surface area contributed by atoms with Crippen LogP contribution in [0.25, 0.3) is 0 Å². The highest BCUT2D eigenvalue weighted by Crippen LogP contribution is 2.27. The van der Waals surface area contributed by atoms with Gasteiger partial charge in [-0.25, -0.2) is 4.39 Å². The van der Waals surface area contributed by atoms with Crippen LogP contribution in [0.4, 0.5) is 15.8 Å². The van der Waals surface area contributed by atoms with Crippen LogP contribution in [0.2, 0.25) is 0 Å². The number of rotatable bonds is 7. The minimum Gasteiger partial charge on any atom is -0.368 e. The van der Waals surface area contributed by atoms with Crippen LogP contribution in [-0.2, 0) is 22.0 Å². The molecule has 1 aliphatic heterocycles. The molecule has 0 radical (unpaired) electrons. The van der Waals surface area contributed by atoms with E-state index in [0.29, 0.717) is 30.3 Å². The molecule has 1 atom stereocenters. The van der Waals surface area contributed by atoms with Crippen molar-refractivity contribution in [3.8, 4) is 0 Å². The number of carbonyl (C=O) groups is 2. The summed E-state index contributed by atoms with van der Waals surface area (Å²) in [6, 6.07) is 14.1. The van der Waals surface area contributed by atoms with Gasteiger partial charge in [0.25, 0.3) is 5.91 Å². The predicted molar refractivity (Wildman–Crippen MR) is 131 cm³/mol. The zero-order valence-corrected chi connectivity index (χ0v) is 19.5. The van der Waals surface area contributed by atoms with E-state index in [-0.39, 0.29) is 17.9 Å². The largest absolute Gasteiger partial charge is 0.368 e. The second-order valence-electron chi connectivity index (χ2n) is 7.68. The Hall–Kier alpha value is -3.04. The quantitative estimate of drug-likeness (QED) is 0.538. The Bertz CT molecular complexity index is 1140. The minimum absolute atomic E-state index is 0.109. The van der Waals surface area contributed by atoms with E-state index in [2.05, 4.69) is 15.5 Å². The first-order valence-corrected chi connectivity index (χ1v) is 13.0. The van der Waals surface area contributed by atoms with E-state index in [4.69, 9.17) is 0 Å². The van der Waals surface area contributed by atoms with Gasteiger partial charge in [0.05, 0.1) is 16.9 Å². The lowest BCUT2D eigenvalue weighted by molar-refractivity contribution is -0.118. The van der Waals surface area contributed by atoms with Crippen molar-refractivity contribution in [2.45, 2.75) is 12.5 Å². The fraction of sp³-hybridized carbons (Fsp3) is 0.250. The normalized spacial score (nSPS) is 15.1. The number of anilines is 2. The highest BCUT2D eigenvalue weighted by Gasteiger charge is 2.25. The molecule has 2 amide bonds. The number of hydrogen-bond acceptors (Lipinski definition) is 5. The third kappa shape index (κ3) is 5.85. The Labute approximate surface area is 198 Å². The number of thiophene rings is 1. The van der Waals surface area contributed by atoms with Gasteiger partial charge in [0.2, 0.25) is 5.91 Å². The molecule has 2 heterocycles. The van der Waals surface area contributed by atoms with Crippen molar-refractivity contribution in [2.24, 2.45) is 0 Å². The van der Waals surface area contributed by atoms with Gasteiger partial charge >= 0.3 is 0 Å². The van der Waals surface area contributed by atoms with Gasteiger partial charge in [-0.2, -0.15) is 11.3 Å². The summed E-state index contributed by atoms with van der Waals surface area (Å²) in [6.07, 6.45) is 0.278. The summed E-state index contributed by atoms with van der Waals surface area (Å²) in [5, 5.41) is 9.45. The maximum atomic E-state index is 14.1. The van der Waals surface area contributed by atoms with E-state index < -0.39 is 28.6 Å². The SMILES string of the molecule is O=C(N[C@H](Cc1ccsc1)C(=O)Nc1ccccc1N1CCS(=O)CC1)c1ccccc1F. The topological polar surface area (TPSA) is 78.5 Å². The van der Waals surface area contributed by atoms with Crippen molar-refractivity contribution >= 4 is 45.3 Å². The van der Waals surface area contributed by atoms with Crippen LogP contribution in [-0.4, -0.2) is 46.7 Å². The van der Waals surface area contributed by atoms with Crippen molar-refractivity contribution in [1.29, 1.82) is 0 Å². The Kier molecular flexibility index (Phi) is 7.51. The van der Waals surface area contributed by atoms with Crippen molar-refractivity contribution in [3.63, 3.8) is 0 Å². The molecule has 3 aromatic rings. The molecule has 0 unspecified atom stereocenters. The summed E-state index contributed by atoms with van der Waals surface area (Å²) in [6.45, 7) is 1.28. The summed E-state index contributed by atoms with van der Waals surface area (Å²) < 4.78 is 25.9. The van der Waals surface area contributed by atoms with Gasteiger partial charge in [0, 0.05) is 41.8 Å². The molecule has 1 fully saturated rings. The minimum atomic E-state index is -0.895. The maximum Gasteiger partial charge on any atom is 0.254 e. The highest BCUT2D eigenvalue weighted by molar-refractivity contribution is 7.85. The van der Waals surface area contributed by atoms with Gasteiger partial charge in [-0.05, 0) is 46.7 Å². The molecule has 2 aromatic carbocycles. The lowest BCUT2D eigenvalue weighted by Gasteiger charge is -2.30. The van der Waals surface area contributed by atoms with Gasteiger partial charge in [-0.1, -0.05) is 24.3 Å². The molecule has 172 valence electrons.